The first-order valence-corrected chi connectivity index (χ1v) is 6.21. The largest absolute Gasteiger partial charge is 0.385 e. The van der Waals surface area contributed by atoms with Crippen LogP contribution in [-0.4, -0.2) is 40.3 Å². The third-order valence-corrected chi connectivity index (χ3v) is 2.75. The van der Waals surface area contributed by atoms with Crippen molar-refractivity contribution in [2.24, 2.45) is 5.73 Å². The molecule has 1 aromatic rings. The van der Waals surface area contributed by atoms with E-state index in [9.17, 15) is 4.79 Å². The third kappa shape index (κ3) is 4.19. The zero-order valence-electron chi connectivity index (χ0n) is 11.3. The summed E-state index contributed by atoms with van der Waals surface area (Å²) in [6, 6.07) is -0.252. The van der Waals surface area contributed by atoms with Crippen molar-refractivity contribution in [1.29, 1.82) is 0 Å². The van der Waals surface area contributed by atoms with Gasteiger partial charge >= 0.3 is 0 Å². The Labute approximate surface area is 108 Å². The van der Waals surface area contributed by atoms with E-state index < -0.39 is 6.04 Å². The zero-order valence-corrected chi connectivity index (χ0v) is 11.3. The van der Waals surface area contributed by atoms with Crippen LogP contribution in [0.5, 0.6) is 0 Å². The number of aromatic nitrogens is 3. The highest BCUT2D eigenvalue weighted by Crippen LogP contribution is 2.07. The van der Waals surface area contributed by atoms with E-state index in [0.29, 0.717) is 18.9 Å². The smallest absolute Gasteiger partial charge is 0.157 e. The molecule has 1 atom stereocenters. The fourth-order valence-corrected chi connectivity index (χ4v) is 1.73. The van der Waals surface area contributed by atoms with E-state index in [1.165, 1.54) is 6.33 Å². The van der Waals surface area contributed by atoms with Crippen molar-refractivity contribution in [3.63, 3.8) is 0 Å². The summed E-state index contributed by atoms with van der Waals surface area (Å²) in [6.07, 6.45) is 3.15. The number of hydrogen-bond acceptors (Lipinski definition) is 5. The lowest BCUT2D eigenvalue weighted by atomic mass is 10.1. The van der Waals surface area contributed by atoms with E-state index >= 15 is 0 Å². The molecule has 0 bridgehead atoms. The van der Waals surface area contributed by atoms with E-state index in [4.69, 9.17) is 10.5 Å². The minimum atomic E-state index is -0.447. The van der Waals surface area contributed by atoms with Gasteiger partial charge in [0.25, 0.3) is 0 Å². The monoisotopic (exact) mass is 254 g/mol. The van der Waals surface area contributed by atoms with Gasteiger partial charge in [-0.05, 0) is 26.7 Å². The van der Waals surface area contributed by atoms with Gasteiger partial charge in [-0.3, -0.25) is 4.79 Å². The number of hydrogen-bond donors (Lipinski definition) is 1. The molecule has 0 radical (unpaired) electrons. The standard InChI is InChI=1S/C12H22N4O2/c1-9(2)16-12(14-8-15-16)7-11(17)10(13)5-4-6-18-3/h8-10H,4-7,13H2,1-3H3. The number of carbonyl (C=O) groups is 1. The maximum absolute atomic E-state index is 11.9. The third-order valence-electron chi connectivity index (χ3n) is 2.75. The Morgan fingerprint density at radius 2 is 2.28 bits per heavy atom. The highest BCUT2D eigenvalue weighted by Gasteiger charge is 2.17. The molecule has 18 heavy (non-hydrogen) atoms. The Hall–Kier alpha value is -1.27. The molecule has 2 N–H and O–H groups in total. The molecular weight excluding hydrogens is 232 g/mol. The van der Waals surface area contributed by atoms with Crippen LogP contribution in [0.25, 0.3) is 0 Å². The van der Waals surface area contributed by atoms with Crippen LogP contribution in [0.15, 0.2) is 6.33 Å². The molecule has 0 aliphatic heterocycles. The van der Waals surface area contributed by atoms with Crippen molar-refractivity contribution < 1.29 is 9.53 Å². The van der Waals surface area contributed by atoms with Crippen LogP contribution in [0.2, 0.25) is 0 Å². The van der Waals surface area contributed by atoms with Crippen LogP contribution < -0.4 is 5.73 Å². The first-order valence-electron chi connectivity index (χ1n) is 6.21. The second-order valence-corrected chi connectivity index (χ2v) is 4.60. The van der Waals surface area contributed by atoms with Gasteiger partial charge in [-0.25, -0.2) is 9.67 Å². The summed E-state index contributed by atoms with van der Waals surface area (Å²) in [5.74, 6) is 0.679. The summed E-state index contributed by atoms with van der Waals surface area (Å²) >= 11 is 0. The zero-order chi connectivity index (χ0) is 13.5. The van der Waals surface area contributed by atoms with E-state index in [1.807, 2.05) is 13.8 Å². The Morgan fingerprint density at radius 3 is 2.89 bits per heavy atom. The van der Waals surface area contributed by atoms with Gasteiger partial charge in [-0.15, -0.1) is 0 Å². The number of carbonyl (C=O) groups excluding carboxylic acids is 1. The van der Waals surface area contributed by atoms with Crippen molar-refractivity contribution >= 4 is 5.78 Å². The molecule has 1 rings (SSSR count). The van der Waals surface area contributed by atoms with E-state index in [-0.39, 0.29) is 18.2 Å². The summed E-state index contributed by atoms with van der Waals surface area (Å²) in [7, 11) is 1.64. The van der Waals surface area contributed by atoms with E-state index in [0.717, 1.165) is 6.42 Å². The SMILES string of the molecule is COCCCC(N)C(=O)Cc1ncnn1C(C)C. The molecule has 6 heteroatoms. The first-order chi connectivity index (χ1) is 8.56. The van der Waals surface area contributed by atoms with Crippen LogP contribution in [0.3, 0.4) is 0 Å². The predicted molar refractivity (Wildman–Crippen MR) is 68.2 cm³/mol. The Bertz CT molecular complexity index is 376. The van der Waals surface area contributed by atoms with Gasteiger partial charge in [0, 0.05) is 19.8 Å². The highest BCUT2D eigenvalue weighted by molar-refractivity contribution is 5.85. The average Bonchev–Trinajstić information content (AvgIpc) is 2.77. The number of methoxy groups -OCH3 is 1. The van der Waals surface area contributed by atoms with Crippen molar-refractivity contribution in [2.75, 3.05) is 13.7 Å². The molecule has 0 spiro atoms. The average molecular weight is 254 g/mol. The van der Waals surface area contributed by atoms with Gasteiger partial charge in [-0.1, -0.05) is 0 Å². The van der Waals surface area contributed by atoms with Gasteiger partial charge in [0.2, 0.25) is 0 Å². The van der Waals surface area contributed by atoms with Gasteiger partial charge < -0.3 is 10.5 Å². The minimum absolute atomic E-state index is 0.000929. The van der Waals surface area contributed by atoms with Crippen molar-refractivity contribution in [1.82, 2.24) is 14.8 Å². The molecule has 0 aliphatic carbocycles. The molecule has 1 aromatic heterocycles. The molecule has 1 heterocycles. The first kappa shape index (κ1) is 14.8. The van der Waals surface area contributed by atoms with Crippen molar-refractivity contribution in [3.05, 3.63) is 12.2 Å². The van der Waals surface area contributed by atoms with Crippen LogP contribution in [-0.2, 0) is 16.0 Å². The second kappa shape index (κ2) is 7.23. The molecule has 0 saturated carbocycles. The number of ether oxygens (including phenoxy) is 1. The summed E-state index contributed by atoms with van der Waals surface area (Å²) < 4.78 is 6.68. The lowest BCUT2D eigenvalue weighted by Crippen LogP contribution is -2.33. The van der Waals surface area contributed by atoms with Crippen LogP contribution in [0.1, 0.15) is 38.6 Å². The van der Waals surface area contributed by atoms with Crippen LogP contribution >= 0.6 is 0 Å². The summed E-state index contributed by atoms with van der Waals surface area (Å²) in [5, 5.41) is 4.10. The number of Topliss-reactive ketones (excluding diaryl/α,β-unsaturated/α-hetero) is 1. The second-order valence-electron chi connectivity index (χ2n) is 4.60. The van der Waals surface area contributed by atoms with Crippen molar-refractivity contribution in [2.45, 2.75) is 45.2 Å². The lowest BCUT2D eigenvalue weighted by molar-refractivity contribution is -0.120. The fraction of sp³-hybridized carbons (Fsp3) is 0.750. The molecule has 0 saturated heterocycles. The molecular formula is C12H22N4O2. The number of nitrogens with zero attached hydrogens (tertiary/aromatic N) is 3. The Balaban J connectivity index is 2.50. The maximum atomic E-state index is 11.9. The summed E-state index contributed by atoms with van der Waals surface area (Å²) in [5.41, 5.74) is 5.84. The lowest BCUT2D eigenvalue weighted by Gasteiger charge is -2.12. The Kier molecular flexibility index (Phi) is 5.94. The fourth-order valence-electron chi connectivity index (χ4n) is 1.73. The molecule has 0 aliphatic rings. The maximum Gasteiger partial charge on any atom is 0.157 e. The van der Waals surface area contributed by atoms with Gasteiger partial charge in [-0.2, -0.15) is 5.10 Å². The molecule has 6 nitrogen and oxygen atoms in total. The van der Waals surface area contributed by atoms with E-state index in [2.05, 4.69) is 10.1 Å². The molecule has 0 aromatic carbocycles. The van der Waals surface area contributed by atoms with E-state index in [1.54, 1.807) is 11.8 Å². The summed E-state index contributed by atoms with van der Waals surface area (Å²) in [4.78, 5) is 16.0. The molecule has 0 amide bonds. The molecule has 102 valence electrons. The van der Waals surface area contributed by atoms with Gasteiger partial charge in [0.15, 0.2) is 5.78 Å². The van der Waals surface area contributed by atoms with Crippen LogP contribution in [0, 0.1) is 0 Å². The number of ketones is 1. The van der Waals surface area contributed by atoms with Gasteiger partial charge in [0.05, 0.1) is 12.5 Å². The quantitative estimate of drug-likeness (QED) is 0.691. The molecule has 0 fully saturated rings. The van der Waals surface area contributed by atoms with Crippen LogP contribution in [0.4, 0.5) is 0 Å². The number of rotatable bonds is 8. The highest BCUT2D eigenvalue weighted by atomic mass is 16.5. The topological polar surface area (TPSA) is 83.0 Å². The van der Waals surface area contributed by atoms with Gasteiger partial charge in [0.1, 0.15) is 12.2 Å². The Morgan fingerprint density at radius 1 is 1.56 bits per heavy atom. The summed E-state index contributed by atoms with van der Waals surface area (Å²) in [6.45, 7) is 4.63. The molecule has 1 unspecified atom stereocenters. The minimum Gasteiger partial charge on any atom is -0.385 e. The number of nitrogens with two attached hydrogens (primary N) is 1. The normalized spacial score (nSPS) is 12.9. The predicted octanol–water partition coefficient (Wildman–Crippen LogP) is 0.724. The van der Waals surface area contributed by atoms with Crippen molar-refractivity contribution in [3.8, 4) is 0 Å².